The quantitative estimate of drug-likeness (QED) is 0.705. The number of aryl methyl sites for hydroxylation is 1. The van der Waals surface area contributed by atoms with Crippen LogP contribution in [-0.4, -0.2) is 0 Å². The average Bonchev–Trinajstić information content (AvgIpc) is 2.58. The van der Waals surface area contributed by atoms with E-state index in [1.807, 2.05) is 40.7 Å². The first kappa shape index (κ1) is 13.8. The van der Waals surface area contributed by atoms with Gasteiger partial charge in [-0.1, -0.05) is 27.7 Å². The summed E-state index contributed by atoms with van der Waals surface area (Å²) in [4.78, 5) is 0. The zero-order valence-electron chi connectivity index (χ0n) is 8.85. The predicted octanol–water partition coefficient (Wildman–Crippen LogP) is 3.10. The maximum atomic E-state index is 5.27. The van der Waals surface area contributed by atoms with Crippen molar-refractivity contribution in [1.82, 2.24) is 0 Å². The van der Waals surface area contributed by atoms with Crippen molar-refractivity contribution in [3.05, 3.63) is 23.7 Å². The summed E-state index contributed by atoms with van der Waals surface area (Å²) in [5, 5.41) is 0. The van der Waals surface area contributed by atoms with Crippen LogP contribution < -0.4 is 5.73 Å². The molecule has 2 nitrogen and oxygen atoms in total. The average molecular weight is 171 g/mol. The fraction of sp³-hybridized carbons (Fsp3) is 0.600. The van der Waals surface area contributed by atoms with Crippen molar-refractivity contribution in [2.24, 2.45) is 5.73 Å². The Morgan fingerprint density at radius 3 is 1.92 bits per heavy atom. The molecule has 0 atom stereocenters. The lowest BCUT2D eigenvalue weighted by molar-refractivity contribution is 0.511. The van der Waals surface area contributed by atoms with Crippen LogP contribution in [0.25, 0.3) is 0 Å². The number of furan rings is 1. The number of rotatable bonds is 1. The standard InChI is InChI=1S/C6H9NO.2C2H6/c1-5-2-6(3-7)8-4-5;2*1-2/h2,4H,3,7H2,1H3;2*1-2H3. The highest BCUT2D eigenvalue weighted by molar-refractivity contribution is 5.09. The summed E-state index contributed by atoms with van der Waals surface area (Å²) in [7, 11) is 0. The monoisotopic (exact) mass is 171 g/mol. The van der Waals surface area contributed by atoms with Gasteiger partial charge in [0, 0.05) is 0 Å². The molecule has 0 unspecified atom stereocenters. The van der Waals surface area contributed by atoms with Gasteiger partial charge in [0.1, 0.15) is 5.76 Å². The Morgan fingerprint density at radius 1 is 1.25 bits per heavy atom. The molecule has 0 aliphatic heterocycles. The minimum atomic E-state index is 0.494. The zero-order valence-corrected chi connectivity index (χ0v) is 8.85. The summed E-state index contributed by atoms with van der Waals surface area (Å²) in [6.45, 7) is 10.5. The van der Waals surface area contributed by atoms with Crippen LogP contribution in [0.5, 0.6) is 0 Å². The van der Waals surface area contributed by atoms with Gasteiger partial charge >= 0.3 is 0 Å². The minimum Gasteiger partial charge on any atom is -0.468 e. The fourth-order valence-electron chi connectivity index (χ4n) is 0.598. The van der Waals surface area contributed by atoms with Crippen LogP contribution in [0.2, 0.25) is 0 Å². The molecule has 1 aromatic rings. The Balaban J connectivity index is 0. The van der Waals surface area contributed by atoms with Crippen LogP contribution in [0.4, 0.5) is 0 Å². The van der Waals surface area contributed by atoms with Crippen molar-refractivity contribution >= 4 is 0 Å². The van der Waals surface area contributed by atoms with E-state index in [1.165, 1.54) is 0 Å². The lowest BCUT2D eigenvalue weighted by Crippen LogP contribution is -1.92. The molecule has 12 heavy (non-hydrogen) atoms. The van der Waals surface area contributed by atoms with Gasteiger partial charge in [0.2, 0.25) is 0 Å². The van der Waals surface area contributed by atoms with Gasteiger partial charge in [-0.3, -0.25) is 0 Å². The van der Waals surface area contributed by atoms with E-state index in [1.54, 1.807) is 6.26 Å². The van der Waals surface area contributed by atoms with Crippen LogP contribution >= 0.6 is 0 Å². The molecular weight excluding hydrogens is 150 g/mol. The first-order valence-electron chi connectivity index (χ1n) is 4.57. The lowest BCUT2D eigenvalue weighted by atomic mass is 10.3. The van der Waals surface area contributed by atoms with Crippen molar-refractivity contribution < 1.29 is 4.42 Å². The summed E-state index contributed by atoms with van der Waals surface area (Å²) in [6, 6.07) is 1.93. The second kappa shape index (κ2) is 10.2. The van der Waals surface area contributed by atoms with Crippen molar-refractivity contribution in [1.29, 1.82) is 0 Å². The summed E-state index contributed by atoms with van der Waals surface area (Å²) in [5.74, 6) is 0.850. The zero-order chi connectivity index (χ0) is 9.98. The summed E-state index contributed by atoms with van der Waals surface area (Å²) in [6.07, 6.45) is 1.70. The highest BCUT2D eigenvalue weighted by Crippen LogP contribution is 2.03. The summed E-state index contributed by atoms with van der Waals surface area (Å²) in [5.41, 5.74) is 6.40. The predicted molar refractivity (Wildman–Crippen MR) is 54.0 cm³/mol. The van der Waals surface area contributed by atoms with Gasteiger partial charge in [-0.2, -0.15) is 0 Å². The van der Waals surface area contributed by atoms with Crippen LogP contribution in [0.3, 0.4) is 0 Å². The van der Waals surface area contributed by atoms with Gasteiger partial charge in [0.25, 0.3) is 0 Å². The molecule has 0 saturated heterocycles. The molecule has 2 N–H and O–H groups in total. The van der Waals surface area contributed by atoms with Crippen molar-refractivity contribution in [3.63, 3.8) is 0 Å². The maximum Gasteiger partial charge on any atom is 0.117 e. The van der Waals surface area contributed by atoms with E-state index in [9.17, 15) is 0 Å². The highest BCUT2D eigenvalue weighted by atomic mass is 16.3. The maximum absolute atomic E-state index is 5.27. The second-order valence-corrected chi connectivity index (χ2v) is 1.79. The Bertz CT molecular complexity index is 170. The molecule has 0 aliphatic carbocycles. The van der Waals surface area contributed by atoms with E-state index in [0.717, 1.165) is 11.3 Å². The molecule has 0 spiro atoms. The third-order valence-electron chi connectivity index (χ3n) is 0.986. The molecule has 1 aromatic heterocycles. The van der Waals surface area contributed by atoms with E-state index in [-0.39, 0.29) is 0 Å². The Labute approximate surface area is 75.8 Å². The van der Waals surface area contributed by atoms with Crippen LogP contribution in [0.15, 0.2) is 16.7 Å². The number of hydrogen-bond acceptors (Lipinski definition) is 2. The Kier molecular flexibility index (Phi) is 11.8. The fourth-order valence-corrected chi connectivity index (χ4v) is 0.598. The van der Waals surface area contributed by atoms with Gasteiger partial charge < -0.3 is 10.2 Å². The summed E-state index contributed by atoms with van der Waals surface area (Å²) < 4.78 is 4.99. The third kappa shape index (κ3) is 5.98. The molecule has 2 heteroatoms. The Hall–Kier alpha value is -0.760. The molecule has 1 heterocycles. The molecule has 72 valence electrons. The van der Waals surface area contributed by atoms with Crippen LogP contribution in [-0.2, 0) is 6.54 Å². The van der Waals surface area contributed by atoms with Gasteiger partial charge in [0.15, 0.2) is 0 Å². The second-order valence-electron chi connectivity index (χ2n) is 1.79. The summed E-state index contributed by atoms with van der Waals surface area (Å²) >= 11 is 0. The molecular formula is C10H21NO. The molecule has 0 aliphatic rings. The van der Waals surface area contributed by atoms with E-state index in [0.29, 0.717) is 6.54 Å². The highest BCUT2D eigenvalue weighted by Gasteiger charge is 1.91. The Morgan fingerprint density at radius 2 is 1.75 bits per heavy atom. The molecule has 0 saturated carbocycles. The molecule has 0 radical (unpaired) electrons. The minimum absolute atomic E-state index is 0.494. The van der Waals surface area contributed by atoms with Crippen molar-refractivity contribution in [3.8, 4) is 0 Å². The van der Waals surface area contributed by atoms with Gasteiger partial charge in [0.05, 0.1) is 12.8 Å². The van der Waals surface area contributed by atoms with E-state index in [4.69, 9.17) is 10.2 Å². The van der Waals surface area contributed by atoms with E-state index >= 15 is 0 Å². The number of nitrogens with two attached hydrogens (primary N) is 1. The van der Waals surface area contributed by atoms with Crippen LogP contribution in [0.1, 0.15) is 39.0 Å². The topological polar surface area (TPSA) is 39.2 Å². The van der Waals surface area contributed by atoms with E-state index < -0.39 is 0 Å². The smallest absolute Gasteiger partial charge is 0.117 e. The normalized spacial score (nSPS) is 7.50. The molecule has 0 fully saturated rings. The van der Waals surface area contributed by atoms with Gasteiger partial charge in [-0.15, -0.1) is 0 Å². The first-order valence-corrected chi connectivity index (χ1v) is 4.57. The molecule has 0 aromatic carbocycles. The van der Waals surface area contributed by atoms with Crippen molar-refractivity contribution in [2.75, 3.05) is 0 Å². The SMILES string of the molecule is CC.CC.Cc1coc(CN)c1. The molecule has 0 bridgehead atoms. The number of hydrogen-bond donors (Lipinski definition) is 1. The van der Waals surface area contributed by atoms with Crippen LogP contribution in [0, 0.1) is 6.92 Å². The third-order valence-corrected chi connectivity index (χ3v) is 0.986. The van der Waals surface area contributed by atoms with Gasteiger partial charge in [-0.25, -0.2) is 0 Å². The largest absolute Gasteiger partial charge is 0.468 e. The van der Waals surface area contributed by atoms with Gasteiger partial charge in [-0.05, 0) is 18.6 Å². The molecule has 0 amide bonds. The first-order chi connectivity index (χ1) is 5.83. The molecule has 1 rings (SSSR count). The van der Waals surface area contributed by atoms with Crippen molar-refractivity contribution in [2.45, 2.75) is 41.2 Å². The van der Waals surface area contributed by atoms with E-state index in [2.05, 4.69) is 0 Å². The lowest BCUT2D eigenvalue weighted by Gasteiger charge is -1.80.